The second-order valence-corrected chi connectivity index (χ2v) is 4.83. The van der Waals surface area contributed by atoms with Gasteiger partial charge < -0.3 is 15.2 Å². The summed E-state index contributed by atoms with van der Waals surface area (Å²) in [5.74, 6) is 0.407. The van der Waals surface area contributed by atoms with E-state index in [2.05, 4.69) is 10.6 Å². The molecule has 0 aliphatic rings. The standard InChI is InChI=1S/C16H16N2O3S/c1-2-21-14-8-3-5-11(9-14)15(20)18-16(22)17-12-6-4-7-13(19)10-12/h3-10,19H,2H2,1H3,(H2,17,18,20,22). The van der Waals surface area contributed by atoms with Crippen LogP contribution < -0.4 is 15.4 Å². The number of hydrogen-bond donors (Lipinski definition) is 3. The van der Waals surface area contributed by atoms with Crippen LogP contribution in [-0.2, 0) is 0 Å². The summed E-state index contributed by atoms with van der Waals surface area (Å²) in [5.41, 5.74) is 1.04. The Balaban J connectivity index is 1.99. The van der Waals surface area contributed by atoms with Crippen LogP contribution in [0.4, 0.5) is 5.69 Å². The summed E-state index contributed by atoms with van der Waals surface area (Å²) < 4.78 is 5.35. The molecule has 0 heterocycles. The van der Waals surface area contributed by atoms with Gasteiger partial charge in [-0.15, -0.1) is 0 Å². The maximum absolute atomic E-state index is 12.1. The molecule has 0 aliphatic carbocycles. The number of carbonyl (C=O) groups is 1. The van der Waals surface area contributed by atoms with Gasteiger partial charge in [0.1, 0.15) is 11.5 Å². The first-order chi connectivity index (χ1) is 10.6. The van der Waals surface area contributed by atoms with Crippen molar-refractivity contribution in [3.8, 4) is 11.5 Å². The first-order valence-corrected chi connectivity index (χ1v) is 7.13. The Bertz CT molecular complexity index is 689. The molecule has 0 saturated heterocycles. The Morgan fingerprint density at radius 1 is 1.23 bits per heavy atom. The monoisotopic (exact) mass is 316 g/mol. The number of carbonyl (C=O) groups excluding carboxylic acids is 1. The maximum atomic E-state index is 12.1. The third kappa shape index (κ3) is 4.46. The van der Waals surface area contributed by atoms with Crippen molar-refractivity contribution in [2.45, 2.75) is 6.92 Å². The summed E-state index contributed by atoms with van der Waals surface area (Å²) in [5, 5.41) is 14.9. The number of phenolic OH excluding ortho intramolecular Hbond substituents is 1. The third-order valence-electron chi connectivity index (χ3n) is 2.74. The molecular formula is C16H16N2O3S. The molecule has 2 rings (SSSR count). The molecule has 5 nitrogen and oxygen atoms in total. The van der Waals surface area contributed by atoms with Gasteiger partial charge in [0.05, 0.1) is 6.61 Å². The van der Waals surface area contributed by atoms with E-state index in [-0.39, 0.29) is 16.8 Å². The summed E-state index contributed by atoms with van der Waals surface area (Å²) in [4.78, 5) is 12.1. The van der Waals surface area contributed by atoms with Crippen LogP contribution in [0, 0.1) is 0 Å². The number of benzene rings is 2. The van der Waals surface area contributed by atoms with Gasteiger partial charge in [0.2, 0.25) is 0 Å². The fourth-order valence-corrected chi connectivity index (χ4v) is 2.03. The normalized spacial score (nSPS) is 9.86. The molecule has 22 heavy (non-hydrogen) atoms. The second-order valence-electron chi connectivity index (χ2n) is 4.42. The molecule has 2 aromatic rings. The summed E-state index contributed by atoms with van der Waals surface area (Å²) in [7, 11) is 0. The zero-order valence-corrected chi connectivity index (χ0v) is 12.8. The summed E-state index contributed by atoms with van der Waals surface area (Å²) in [6.45, 7) is 2.41. The van der Waals surface area contributed by atoms with Crippen LogP contribution in [0.1, 0.15) is 17.3 Å². The van der Waals surface area contributed by atoms with Gasteiger partial charge in [-0.3, -0.25) is 10.1 Å². The van der Waals surface area contributed by atoms with E-state index >= 15 is 0 Å². The first-order valence-electron chi connectivity index (χ1n) is 6.72. The first kappa shape index (κ1) is 15.8. The zero-order chi connectivity index (χ0) is 15.9. The number of ether oxygens (including phenoxy) is 1. The van der Waals surface area contributed by atoms with Gasteiger partial charge in [0, 0.05) is 17.3 Å². The minimum atomic E-state index is -0.334. The van der Waals surface area contributed by atoms with E-state index in [1.807, 2.05) is 6.92 Å². The average molecular weight is 316 g/mol. The Kier molecular flexibility index (Phi) is 5.32. The summed E-state index contributed by atoms with van der Waals surface area (Å²) >= 11 is 5.08. The number of rotatable bonds is 4. The van der Waals surface area contributed by atoms with Crippen molar-refractivity contribution in [1.82, 2.24) is 5.32 Å². The fraction of sp³-hybridized carbons (Fsp3) is 0.125. The molecule has 0 saturated carbocycles. The number of thiocarbonyl (C=S) groups is 1. The number of nitrogens with one attached hydrogen (secondary N) is 2. The third-order valence-corrected chi connectivity index (χ3v) is 2.94. The summed E-state index contributed by atoms with van der Waals surface area (Å²) in [6, 6.07) is 13.3. The second kappa shape index (κ2) is 7.42. The molecular weight excluding hydrogens is 300 g/mol. The van der Waals surface area contributed by atoms with Gasteiger partial charge in [0.25, 0.3) is 5.91 Å². The van der Waals surface area contributed by atoms with Crippen molar-refractivity contribution in [1.29, 1.82) is 0 Å². The Hall–Kier alpha value is -2.60. The Morgan fingerprint density at radius 2 is 2.00 bits per heavy atom. The van der Waals surface area contributed by atoms with Crippen LogP contribution in [0.15, 0.2) is 48.5 Å². The van der Waals surface area contributed by atoms with Crippen molar-refractivity contribution in [3.63, 3.8) is 0 Å². The highest BCUT2D eigenvalue weighted by atomic mass is 32.1. The molecule has 6 heteroatoms. The van der Waals surface area contributed by atoms with E-state index < -0.39 is 0 Å². The largest absolute Gasteiger partial charge is 0.508 e. The summed E-state index contributed by atoms with van der Waals surface area (Å²) in [6.07, 6.45) is 0. The van der Waals surface area contributed by atoms with Crippen molar-refractivity contribution in [3.05, 3.63) is 54.1 Å². The lowest BCUT2D eigenvalue weighted by Crippen LogP contribution is -2.34. The minimum Gasteiger partial charge on any atom is -0.508 e. The van der Waals surface area contributed by atoms with Crippen LogP contribution in [0.5, 0.6) is 11.5 Å². The molecule has 1 amide bonds. The molecule has 114 valence electrons. The number of hydrogen-bond acceptors (Lipinski definition) is 4. The predicted octanol–water partition coefficient (Wildman–Crippen LogP) is 2.92. The average Bonchev–Trinajstić information content (AvgIpc) is 2.47. The molecule has 0 unspecified atom stereocenters. The highest BCUT2D eigenvalue weighted by molar-refractivity contribution is 7.80. The molecule has 2 aromatic carbocycles. The molecule has 0 atom stereocenters. The molecule has 3 N–H and O–H groups in total. The number of anilines is 1. The number of amides is 1. The van der Waals surface area contributed by atoms with Gasteiger partial charge >= 0.3 is 0 Å². The molecule has 0 bridgehead atoms. The minimum absolute atomic E-state index is 0.114. The van der Waals surface area contributed by atoms with E-state index in [1.165, 1.54) is 6.07 Å². The lowest BCUT2D eigenvalue weighted by molar-refractivity contribution is 0.0977. The van der Waals surface area contributed by atoms with E-state index in [4.69, 9.17) is 17.0 Å². The highest BCUT2D eigenvalue weighted by Crippen LogP contribution is 2.16. The van der Waals surface area contributed by atoms with Gasteiger partial charge in [0.15, 0.2) is 5.11 Å². The zero-order valence-electron chi connectivity index (χ0n) is 12.0. The van der Waals surface area contributed by atoms with Crippen LogP contribution in [0.25, 0.3) is 0 Å². The van der Waals surface area contributed by atoms with Crippen LogP contribution in [-0.4, -0.2) is 22.7 Å². The van der Waals surface area contributed by atoms with Crippen molar-refractivity contribution in [2.24, 2.45) is 0 Å². The van der Waals surface area contributed by atoms with E-state index in [0.717, 1.165) is 0 Å². The number of phenols is 1. The van der Waals surface area contributed by atoms with E-state index in [0.29, 0.717) is 23.6 Å². The Labute approximate surface area is 133 Å². The molecule has 0 aliphatic heterocycles. The van der Waals surface area contributed by atoms with Gasteiger partial charge in [-0.1, -0.05) is 12.1 Å². The predicted molar refractivity (Wildman–Crippen MR) is 89.4 cm³/mol. The lowest BCUT2D eigenvalue weighted by Gasteiger charge is -2.10. The molecule has 0 fully saturated rings. The quantitative estimate of drug-likeness (QED) is 0.757. The van der Waals surface area contributed by atoms with E-state index in [9.17, 15) is 9.90 Å². The Morgan fingerprint density at radius 3 is 2.73 bits per heavy atom. The maximum Gasteiger partial charge on any atom is 0.257 e. The van der Waals surface area contributed by atoms with E-state index in [1.54, 1.807) is 42.5 Å². The van der Waals surface area contributed by atoms with Crippen molar-refractivity contribution in [2.75, 3.05) is 11.9 Å². The lowest BCUT2D eigenvalue weighted by atomic mass is 10.2. The van der Waals surface area contributed by atoms with Crippen LogP contribution in [0.3, 0.4) is 0 Å². The van der Waals surface area contributed by atoms with Crippen molar-refractivity contribution < 1.29 is 14.6 Å². The van der Waals surface area contributed by atoms with Gasteiger partial charge in [-0.05, 0) is 49.5 Å². The van der Waals surface area contributed by atoms with Crippen LogP contribution in [0.2, 0.25) is 0 Å². The van der Waals surface area contributed by atoms with Gasteiger partial charge in [-0.25, -0.2) is 0 Å². The SMILES string of the molecule is CCOc1cccc(C(=O)NC(=S)Nc2cccc(O)c2)c1. The fourth-order valence-electron chi connectivity index (χ4n) is 1.82. The number of aromatic hydroxyl groups is 1. The molecule has 0 radical (unpaired) electrons. The van der Waals surface area contributed by atoms with Crippen molar-refractivity contribution >= 4 is 28.9 Å². The molecule has 0 spiro atoms. The highest BCUT2D eigenvalue weighted by Gasteiger charge is 2.09. The molecule has 0 aromatic heterocycles. The van der Waals surface area contributed by atoms with Crippen LogP contribution >= 0.6 is 12.2 Å². The smallest absolute Gasteiger partial charge is 0.257 e. The van der Waals surface area contributed by atoms with Gasteiger partial charge in [-0.2, -0.15) is 0 Å². The topological polar surface area (TPSA) is 70.6 Å².